The fraction of sp³-hybridized carbons (Fsp3) is 0.474. The molecule has 0 aliphatic rings. The Kier molecular flexibility index (Phi) is 8.12. The first-order chi connectivity index (χ1) is 11.9. The summed E-state index contributed by atoms with van der Waals surface area (Å²) in [5.74, 6) is 2.25. The molecule has 0 heterocycles. The molecule has 4 nitrogen and oxygen atoms in total. The first kappa shape index (κ1) is 22.9. The van der Waals surface area contributed by atoms with Crippen molar-refractivity contribution >= 4 is 51.8 Å². The van der Waals surface area contributed by atoms with Gasteiger partial charge in [0.15, 0.2) is 0 Å². The minimum atomic E-state index is -1.77. The molecule has 1 atom stereocenters. The average molecular weight is 503 g/mol. The third-order valence-corrected chi connectivity index (χ3v) is 9.97. The Balaban J connectivity index is 2.96. The van der Waals surface area contributed by atoms with Crippen LogP contribution in [0.15, 0.2) is 27.1 Å². The first-order valence-corrected chi connectivity index (χ1v) is 12.8. The molecule has 0 fully saturated rings. The lowest BCUT2D eigenvalue weighted by molar-refractivity contribution is -0.142. The maximum absolute atomic E-state index is 12.5. The van der Waals surface area contributed by atoms with Crippen molar-refractivity contribution in [3.63, 3.8) is 0 Å². The number of carbonyl (C=O) groups excluding carboxylic acids is 2. The Morgan fingerprint density at radius 3 is 2.19 bits per heavy atom. The van der Waals surface area contributed by atoms with Gasteiger partial charge in [-0.3, -0.25) is 4.79 Å². The average Bonchev–Trinajstić information content (AvgIpc) is 2.50. The van der Waals surface area contributed by atoms with E-state index >= 15 is 0 Å². The van der Waals surface area contributed by atoms with E-state index < -0.39 is 20.1 Å². The molecular formula is C19H25Br2NO3Si. The number of hydrogen-bond donors (Lipinski definition) is 1. The number of hydrogen-bond acceptors (Lipinski definition) is 3. The standard InChI is InChI=1S/C19H25Br2NO3Si/c1-19(2,3)26(5,6)9-7-8-16(18(24)25-4)22-17(23)13-10-14(20)12-15(21)11-13/h10-12,16H,8H2,1-6H3,(H,22,23)/t16-/m0/s1. The van der Waals surface area contributed by atoms with Crippen LogP contribution in [0.25, 0.3) is 0 Å². The molecule has 1 aromatic rings. The van der Waals surface area contributed by atoms with Gasteiger partial charge in [0.05, 0.1) is 7.11 Å². The van der Waals surface area contributed by atoms with E-state index in [1.54, 1.807) is 12.1 Å². The zero-order valence-electron chi connectivity index (χ0n) is 16.0. The van der Waals surface area contributed by atoms with Crippen LogP contribution >= 0.6 is 31.9 Å². The summed E-state index contributed by atoms with van der Waals surface area (Å²) in [6.07, 6.45) is 0.222. The summed E-state index contributed by atoms with van der Waals surface area (Å²) >= 11 is 6.71. The molecule has 0 radical (unpaired) electrons. The molecule has 142 valence electrons. The van der Waals surface area contributed by atoms with Crippen LogP contribution in [0.5, 0.6) is 0 Å². The third kappa shape index (κ3) is 6.56. The van der Waals surface area contributed by atoms with E-state index in [1.165, 1.54) is 7.11 Å². The predicted octanol–water partition coefficient (Wildman–Crippen LogP) is 4.92. The highest BCUT2D eigenvalue weighted by Crippen LogP contribution is 2.35. The summed E-state index contributed by atoms with van der Waals surface area (Å²) in [6.45, 7) is 10.9. The topological polar surface area (TPSA) is 55.4 Å². The number of ether oxygens (including phenoxy) is 1. The lowest BCUT2D eigenvalue weighted by atomic mass is 10.1. The Bertz CT molecular complexity index is 725. The van der Waals surface area contributed by atoms with Gasteiger partial charge in [-0.25, -0.2) is 4.79 Å². The fourth-order valence-corrected chi connectivity index (χ4v) is 4.04. The quantitative estimate of drug-likeness (QED) is 0.361. The van der Waals surface area contributed by atoms with Crippen molar-refractivity contribution in [2.24, 2.45) is 0 Å². The van der Waals surface area contributed by atoms with Crippen LogP contribution < -0.4 is 5.32 Å². The Labute approximate surface area is 173 Å². The van der Waals surface area contributed by atoms with Crippen molar-refractivity contribution in [1.82, 2.24) is 5.32 Å². The normalized spacial score (nSPS) is 12.6. The lowest BCUT2D eigenvalue weighted by Crippen LogP contribution is -2.41. The van der Waals surface area contributed by atoms with Gasteiger partial charge >= 0.3 is 5.97 Å². The highest BCUT2D eigenvalue weighted by atomic mass is 79.9. The number of nitrogens with one attached hydrogen (secondary N) is 1. The van der Waals surface area contributed by atoms with Crippen LogP contribution in [-0.2, 0) is 9.53 Å². The van der Waals surface area contributed by atoms with E-state index in [9.17, 15) is 9.59 Å². The number of benzene rings is 1. The second kappa shape index (κ2) is 9.20. The number of carbonyl (C=O) groups is 2. The van der Waals surface area contributed by atoms with Crippen LogP contribution in [0.1, 0.15) is 37.6 Å². The number of amides is 1. The number of methoxy groups -OCH3 is 1. The summed E-state index contributed by atoms with van der Waals surface area (Å²) in [4.78, 5) is 24.6. The zero-order chi connectivity index (χ0) is 20.1. The molecule has 0 spiro atoms. The minimum Gasteiger partial charge on any atom is -0.467 e. The van der Waals surface area contributed by atoms with Gasteiger partial charge in [0.25, 0.3) is 5.91 Å². The Morgan fingerprint density at radius 1 is 1.19 bits per heavy atom. The van der Waals surface area contributed by atoms with E-state index in [1.807, 2.05) is 6.07 Å². The Morgan fingerprint density at radius 2 is 1.73 bits per heavy atom. The van der Waals surface area contributed by atoms with E-state index in [2.05, 4.69) is 82.5 Å². The van der Waals surface area contributed by atoms with Crippen LogP contribution in [0.3, 0.4) is 0 Å². The van der Waals surface area contributed by atoms with Crippen molar-refractivity contribution in [1.29, 1.82) is 0 Å². The molecule has 7 heteroatoms. The monoisotopic (exact) mass is 501 g/mol. The molecule has 1 N–H and O–H groups in total. The van der Waals surface area contributed by atoms with E-state index in [0.717, 1.165) is 8.95 Å². The van der Waals surface area contributed by atoms with Crippen LogP contribution in [0.2, 0.25) is 18.1 Å². The summed E-state index contributed by atoms with van der Waals surface area (Å²) in [6, 6.07) is 4.41. The van der Waals surface area contributed by atoms with E-state index in [0.29, 0.717) is 5.56 Å². The lowest BCUT2D eigenvalue weighted by Gasteiger charge is -2.31. The molecular weight excluding hydrogens is 478 g/mol. The van der Waals surface area contributed by atoms with Crippen molar-refractivity contribution < 1.29 is 14.3 Å². The van der Waals surface area contributed by atoms with Gasteiger partial charge in [-0.1, -0.05) is 65.7 Å². The van der Waals surface area contributed by atoms with Crippen molar-refractivity contribution in [2.75, 3.05) is 7.11 Å². The molecule has 1 aromatic carbocycles. The molecule has 0 aliphatic carbocycles. The van der Waals surface area contributed by atoms with Gasteiger partial charge in [-0.05, 0) is 23.2 Å². The summed E-state index contributed by atoms with van der Waals surface area (Å²) in [5.41, 5.74) is 3.80. The molecule has 0 saturated carbocycles. The number of rotatable bonds is 4. The molecule has 1 rings (SSSR count). The SMILES string of the molecule is COC(=O)[C@H](CC#C[Si](C)(C)C(C)(C)C)NC(=O)c1cc(Br)cc(Br)c1. The summed E-state index contributed by atoms with van der Waals surface area (Å²) in [5, 5.41) is 2.85. The fourth-order valence-electron chi connectivity index (χ4n) is 1.82. The Hall–Kier alpha value is -1.10. The maximum atomic E-state index is 12.5. The summed E-state index contributed by atoms with van der Waals surface area (Å²) < 4.78 is 6.35. The molecule has 1 amide bonds. The van der Waals surface area contributed by atoms with Gasteiger partial charge < -0.3 is 10.1 Å². The van der Waals surface area contributed by atoms with Crippen LogP contribution in [0.4, 0.5) is 0 Å². The first-order valence-electron chi connectivity index (χ1n) is 8.22. The van der Waals surface area contributed by atoms with E-state index in [-0.39, 0.29) is 17.4 Å². The van der Waals surface area contributed by atoms with Crippen molar-refractivity contribution in [3.05, 3.63) is 32.7 Å². The molecule has 0 bridgehead atoms. The van der Waals surface area contributed by atoms with Crippen LogP contribution in [-0.4, -0.2) is 33.1 Å². The largest absolute Gasteiger partial charge is 0.467 e. The molecule has 0 unspecified atom stereocenters. The van der Waals surface area contributed by atoms with Crippen LogP contribution in [0, 0.1) is 11.5 Å². The minimum absolute atomic E-state index is 0.132. The van der Waals surface area contributed by atoms with Gasteiger partial charge in [0, 0.05) is 20.9 Å². The number of esters is 1. The van der Waals surface area contributed by atoms with E-state index in [4.69, 9.17) is 4.74 Å². The molecule has 0 aromatic heterocycles. The number of halogens is 2. The van der Waals surface area contributed by atoms with Crippen molar-refractivity contribution in [2.45, 2.75) is 51.4 Å². The second-order valence-electron chi connectivity index (χ2n) is 7.59. The van der Waals surface area contributed by atoms with Gasteiger partial charge in [0.1, 0.15) is 14.1 Å². The molecule has 0 saturated heterocycles. The van der Waals surface area contributed by atoms with Gasteiger partial charge in [-0.2, -0.15) is 0 Å². The summed E-state index contributed by atoms with van der Waals surface area (Å²) in [7, 11) is -0.470. The third-order valence-electron chi connectivity index (χ3n) is 4.50. The van der Waals surface area contributed by atoms with Gasteiger partial charge in [-0.15, -0.1) is 11.5 Å². The van der Waals surface area contributed by atoms with Crippen molar-refractivity contribution in [3.8, 4) is 11.5 Å². The zero-order valence-corrected chi connectivity index (χ0v) is 20.2. The predicted molar refractivity (Wildman–Crippen MR) is 115 cm³/mol. The maximum Gasteiger partial charge on any atom is 0.329 e. The molecule has 0 aliphatic heterocycles. The molecule has 26 heavy (non-hydrogen) atoms. The second-order valence-corrected chi connectivity index (χ2v) is 14.4. The highest BCUT2D eigenvalue weighted by Gasteiger charge is 2.33. The smallest absolute Gasteiger partial charge is 0.329 e. The highest BCUT2D eigenvalue weighted by molar-refractivity contribution is 9.11. The van der Waals surface area contributed by atoms with Gasteiger partial charge in [0.2, 0.25) is 0 Å².